The topological polar surface area (TPSA) is 9.23 Å². The molecule has 1 aliphatic rings. The van der Waals surface area contributed by atoms with Crippen LogP contribution in [0.3, 0.4) is 0 Å². The SMILES string of the molecule is Cc1ccc(-c2cccc(-c3cc(-c4cccc(-c5ccccc5)c4)cc(-c4cccc(-c5cccc(-c6cccc7c6Oc6cc8ccccc8c8cccc-7c68)c5)c4)c3)c2)cc1. The first-order valence-corrected chi connectivity index (χ1v) is 22.1. The van der Waals surface area contributed by atoms with Gasteiger partial charge >= 0.3 is 0 Å². The van der Waals surface area contributed by atoms with Crippen LogP contribution in [0.4, 0.5) is 0 Å². The third-order valence-corrected chi connectivity index (χ3v) is 12.9. The second kappa shape index (κ2) is 15.6. The largest absolute Gasteiger partial charge is 0.455 e. The van der Waals surface area contributed by atoms with Crippen molar-refractivity contribution in [3.63, 3.8) is 0 Å². The molecule has 12 rings (SSSR count). The average molecular weight is 815 g/mol. The average Bonchev–Trinajstić information content (AvgIpc) is 3.37. The zero-order valence-corrected chi connectivity index (χ0v) is 35.4. The van der Waals surface area contributed by atoms with E-state index in [4.69, 9.17) is 4.74 Å². The molecule has 64 heavy (non-hydrogen) atoms. The van der Waals surface area contributed by atoms with E-state index in [1.54, 1.807) is 0 Å². The van der Waals surface area contributed by atoms with Gasteiger partial charge in [-0.2, -0.15) is 0 Å². The lowest BCUT2D eigenvalue weighted by Gasteiger charge is -2.24. The molecule has 0 N–H and O–H groups in total. The zero-order valence-electron chi connectivity index (χ0n) is 35.4. The van der Waals surface area contributed by atoms with Crippen molar-refractivity contribution < 1.29 is 4.74 Å². The monoisotopic (exact) mass is 814 g/mol. The third kappa shape index (κ3) is 6.76. The number of rotatable bonds is 7. The minimum atomic E-state index is 0.899. The summed E-state index contributed by atoms with van der Waals surface area (Å²) < 4.78 is 6.93. The van der Waals surface area contributed by atoms with E-state index in [0.717, 1.165) is 44.9 Å². The van der Waals surface area contributed by atoms with Crippen molar-refractivity contribution in [2.45, 2.75) is 6.92 Å². The van der Waals surface area contributed by atoms with Crippen molar-refractivity contribution >= 4 is 21.5 Å². The summed E-state index contributed by atoms with van der Waals surface area (Å²) in [5.74, 6) is 1.80. The molecule has 0 saturated heterocycles. The Morgan fingerprint density at radius 1 is 0.266 bits per heavy atom. The maximum atomic E-state index is 6.93. The minimum Gasteiger partial charge on any atom is -0.455 e. The van der Waals surface area contributed by atoms with Crippen molar-refractivity contribution in [2.24, 2.45) is 0 Å². The molecule has 0 amide bonds. The van der Waals surface area contributed by atoms with Gasteiger partial charge in [0.15, 0.2) is 0 Å². The van der Waals surface area contributed by atoms with Crippen LogP contribution in [0.25, 0.3) is 111 Å². The molecule has 1 heterocycles. The number of hydrogen-bond donors (Lipinski definition) is 0. The number of aryl methyl sites for hydroxylation is 1. The maximum Gasteiger partial charge on any atom is 0.143 e. The molecule has 0 unspecified atom stereocenters. The predicted molar refractivity (Wildman–Crippen MR) is 270 cm³/mol. The van der Waals surface area contributed by atoms with Crippen LogP contribution in [0.5, 0.6) is 11.5 Å². The first-order chi connectivity index (χ1) is 31.6. The molecular formula is C63H42O. The summed E-state index contributed by atoms with van der Waals surface area (Å²) in [5.41, 5.74) is 20.0. The second-order valence-corrected chi connectivity index (χ2v) is 17.0. The number of hydrogen-bond acceptors (Lipinski definition) is 1. The Hall–Kier alpha value is -8.26. The number of ether oxygens (including phenoxy) is 1. The standard InChI is InChI=1S/C63H42O/c1-41-29-31-43(32-30-41)45-17-8-21-49(34-45)54-37-53(48-20-7-16-44(33-48)42-13-3-2-4-14-42)38-55(39-54)50-22-9-18-46(35-50)47-19-10-23-51(36-47)57-25-11-28-60-59-27-12-26-58-56-24-6-5-15-52(56)40-61(62(58)59)64-63(57)60/h2-40H,1H3. The molecule has 0 saturated carbocycles. The van der Waals surface area contributed by atoms with Crippen molar-refractivity contribution in [3.05, 3.63) is 242 Å². The summed E-state index contributed by atoms with van der Waals surface area (Å²) in [6.45, 7) is 2.14. The molecule has 0 fully saturated rings. The van der Waals surface area contributed by atoms with Gasteiger partial charge in [0.05, 0.1) is 0 Å². The normalized spacial score (nSPS) is 11.6. The molecule has 1 aliphatic heterocycles. The van der Waals surface area contributed by atoms with Crippen LogP contribution in [-0.2, 0) is 0 Å². The Morgan fingerprint density at radius 3 is 1.30 bits per heavy atom. The molecule has 11 aromatic rings. The molecule has 0 atom stereocenters. The highest BCUT2D eigenvalue weighted by Crippen LogP contribution is 2.52. The summed E-state index contributed by atoms with van der Waals surface area (Å²) in [7, 11) is 0. The van der Waals surface area contributed by atoms with Crippen molar-refractivity contribution in [1.29, 1.82) is 0 Å². The van der Waals surface area contributed by atoms with Gasteiger partial charge in [0, 0.05) is 16.5 Å². The lowest BCUT2D eigenvalue weighted by Crippen LogP contribution is -1.99. The lowest BCUT2D eigenvalue weighted by molar-refractivity contribution is 0.489. The smallest absolute Gasteiger partial charge is 0.143 e. The van der Waals surface area contributed by atoms with E-state index in [-0.39, 0.29) is 0 Å². The van der Waals surface area contributed by atoms with E-state index in [9.17, 15) is 0 Å². The number of para-hydroxylation sites is 1. The van der Waals surface area contributed by atoms with Gasteiger partial charge in [0.25, 0.3) is 0 Å². The fourth-order valence-electron chi connectivity index (χ4n) is 9.63. The highest BCUT2D eigenvalue weighted by Gasteiger charge is 2.24. The first-order valence-electron chi connectivity index (χ1n) is 22.1. The molecule has 300 valence electrons. The van der Waals surface area contributed by atoms with Crippen molar-refractivity contribution in [3.8, 4) is 101 Å². The van der Waals surface area contributed by atoms with Crippen LogP contribution in [0.15, 0.2) is 237 Å². The van der Waals surface area contributed by atoms with Gasteiger partial charge in [-0.25, -0.2) is 0 Å². The Kier molecular flexibility index (Phi) is 9.13. The number of fused-ring (bicyclic) bond motifs is 4. The van der Waals surface area contributed by atoms with E-state index < -0.39 is 0 Å². The molecule has 0 spiro atoms. The Balaban J connectivity index is 0.949. The lowest BCUT2D eigenvalue weighted by atomic mass is 9.89. The molecule has 0 aromatic heterocycles. The third-order valence-electron chi connectivity index (χ3n) is 12.9. The summed E-state index contributed by atoms with van der Waals surface area (Å²) in [6, 6.07) is 86.2. The fourth-order valence-corrected chi connectivity index (χ4v) is 9.63. The first kappa shape index (κ1) is 37.5. The van der Waals surface area contributed by atoms with Gasteiger partial charge in [-0.05, 0) is 150 Å². The van der Waals surface area contributed by atoms with Crippen LogP contribution >= 0.6 is 0 Å². The molecule has 1 heteroatoms. The van der Waals surface area contributed by atoms with Gasteiger partial charge in [0.2, 0.25) is 0 Å². The molecule has 11 aromatic carbocycles. The van der Waals surface area contributed by atoms with Gasteiger partial charge < -0.3 is 4.74 Å². The van der Waals surface area contributed by atoms with Gasteiger partial charge in [0.1, 0.15) is 11.5 Å². The Labute approximate surface area is 374 Å². The molecule has 0 radical (unpaired) electrons. The summed E-state index contributed by atoms with van der Waals surface area (Å²) >= 11 is 0. The minimum absolute atomic E-state index is 0.899. The van der Waals surface area contributed by atoms with Gasteiger partial charge in [-0.3, -0.25) is 0 Å². The highest BCUT2D eigenvalue weighted by atomic mass is 16.5. The predicted octanol–water partition coefficient (Wildman–Crippen LogP) is 17.7. The maximum absolute atomic E-state index is 6.93. The van der Waals surface area contributed by atoms with Crippen molar-refractivity contribution in [2.75, 3.05) is 0 Å². The van der Waals surface area contributed by atoms with E-state index in [2.05, 4.69) is 244 Å². The van der Waals surface area contributed by atoms with Crippen LogP contribution in [0, 0.1) is 6.92 Å². The van der Waals surface area contributed by atoms with Crippen LogP contribution < -0.4 is 4.74 Å². The highest BCUT2D eigenvalue weighted by molar-refractivity contribution is 6.17. The van der Waals surface area contributed by atoms with E-state index in [0.29, 0.717) is 0 Å². The Morgan fingerprint density at radius 2 is 0.672 bits per heavy atom. The summed E-state index contributed by atoms with van der Waals surface area (Å²) in [4.78, 5) is 0. The van der Waals surface area contributed by atoms with Gasteiger partial charge in [-0.1, -0.05) is 194 Å². The number of benzene rings is 11. The second-order valence-electron chi connectivity index (χ2n) is 17.0. The quantitative estimate of drug-likeness (QED) is 0.146. The summed E-state index contributed by atoms with van der Waals surface area (Å²) in [6.07, 6.45) is 0. The summed E-state index contributed by atoms with van der Waals surface area (Å²) in [5, 5.41) is 4.82. The van der Waals surface area contributed by atoms with Crippen molar-refractivity contribution in [1.82, 2.24) is 0 Å². The van der Waals surface area contributed by atoms with Crippen LogP contribution in [0.2, 0.25) is 0 Å². The van der Waals surface area contributed by atoms with E-state index in [1.165, 1.54) is 82.7 Å². The Bertz CT molecular complexity index is 3580. The fraction of sp³-hybridized carbons (Fsp3) is 0.0159. The molecule has 1 nitrogen and oxygen atoms in total. The van der Waals surface area contributed by atoms with Crippen LogP contribution in [-0.4, -0.2) is 0 Å². The molecular weight excluding hydrogens is 773 g/mol. The van der Waals surface area contributed by atoms with Crippen LogP contribution in [0.1, 0.15) is 5.56 Å². The zero-order chi connectivity index (χ0) is 42.6. The van der Waals surface area contributed by atoms with E-state index >= 15 is 0 Å². The van der Waals surface area contributed by atoms with Gasteiger partial charge in [-0.15, -0.1) is 0 Å². The molecule has 0 aliphatic carbocycles. The molecule has 0 bridgehead atoms. The van der Waals surface area contributed by atoms with E-state index in [1.807, 2.05) is 0 Å².